The molecule has 0 bridgehead atoms. The van der Waals surface area contributed by atoms with Crippen LogP contribution in [0, 0.1) is 0 Å². The van der Waals surface area contributed by atoms with E-state index in [0.717, 1.165) is 16.6 Å². The molecule has 0 saturated heterocycles. The van der Waals surface area contributed by atoms with Gasteiger partial charge < -0.3 is 10.1 Å². The van der Waals surface area contributed by atoms with Crippen LogP contribution in [-0.2, 0) is 33.9 Å². The molecule has 20 heteroatoms. The molecule has 0 aliphatic rings. The molecule has 2 rings (SSSR count). The van der Waals surface area contributed by atoms with Crippen molar-refractivity contribution in [1.82, 2.24) is 9.71 Å². The van der Waals surface area contributed by atoms with Crippen molar-refractivity contribution in [3.8, 4) is 5.75 Å². The number of hydrogen-bond donors (Lipinski definition) is 2. The second kappa shape index (κ2) is 13.1. The molecule has 0 aliphatic heterocycles. The Morgan fingerprint density at radius 2 is 1.47 bits per heavy atom. The van der Waals surface area contributed by atoms with Gasteiger partial charge in [0.2, 0.25) is 0 Å². The van der Waals surface area contributed by atoms with Gasteiger partial charge in [-0.05, 0) is 25.0 Å². The van der Waals surface area contributed by atoms with Crippen molar-refractivity contribution in [1.29, 1.82) is 0 Å². The predicted octanol–water partition coefficient (Wildman–Crippen LogP) is 3.08. The number of fused-ring (bicyclic) bond motifs is 1. The lowest BCUT2D eigenvalue weighted by Gasteiger charge is -2.11. The normalized spacial score (nSPS) is 13.1. The van der Waals surface area contributed by atoms with E-state index in [-0.39, 0.29) is 12.8 Å². The summed E-state index contributed by atoms with van der Waals surface area (Å²) in [7, 11) is -14.4. The van der Waals surface area contributed by atoms with Crippen LogP contribution in [-0.4, -0.2) is 67.7 Å². The number of anilines is 1. The summed E-state index contributed by atoms with van der Waals surface area (Å²) in [6, 6.07) is 7.43. The highest BCUT2D eigenvalue weighted by Crippen LogP contribution is 2.28. The number of alkyl halides is 6. The van der Waals surface area contributed by atoms with E-state index in [2.05, 4.69) is 13.9 Å². The van der Waals surface area contributed by atoms with Gasteiger partial charge in [-0.15, -0.1) is 3.63 Å². The maximum Gasteiger partial charge on any atom is 0.524 e. The number of hydrogen-bond acceptors (Lipinski definition) is 10. The molecule has 0 atom stereocenters. The Bertz CT molecular complexity index is 1400. The minimum Gasteiger partial charge on any atom is -0.494 e. The first kappa shape index (κ1) is 33.6. The molecule has 218 valence electrons. The van der Waals surface area contributed by atoms with Gasteiger partial charge in [0.1, 0.15) is 11.3 Å². The molecule has 0 aliphatic carbocycles. The molecule has 0 unspecified atom stereocenters. The molecule has 0 spiro atoms. The minimum absolute atomic E-state index is 0.191. The molecule has 0 amide bonds. The van der Waals surface area contributed by atoms with Gasteiger partial charge >= 0.3 is 31.2 Å². The van der Waals surface area contributed by atoms with Gasteiger partial charge in [0.05, 0.1) is 13.4 Å². The topological polar surface area (TPSA) is 158 Å². The molecule has 38 heavy (non-hydrogen) atoms. The monoisotopic (exact) mass is 619 g/mol. The number of halogens is 6. The highest BCUT2D eigenvalue weighted by atomic mass is 32.3. The first-order valence-electron chi connectivity index (χ1n) is 10.2. The van der Waals surface area contributed by atoms with Crippen LogP contribution in [0.1, 0.15) is 19.3 Å². The Hall–Kier alpha value is -2.42. The molecule has 1 aromatic heterocycles. The molecule has 0 fully saturated rings. The first-order valence-corrected chi connectivity index (χ1v) is 14.9. The largest absolute Gasteiger partial charge is 0.524 e. The highest BCUT2D eigenvalue weighted by molar-refractivity contribution is 7.99. The third-order valence-corrected chi connectivity index (χ3v) is 7.68. The number of unbranched alkanes of at least 4 members (excludes halogenated alkanes) is 2. The number of methoxy groups -OCH3 is 1. The number of sulfonamides is 1. The van der Waals surface area contributed by atoms with E-state index in [4.69, 9.17) is 4.74 Å². The van der Waals surface area contributed by atoms with E-state index in [9.17, 15) is 51.6 Å². The fraction of sp³-hybridized carbons (Fsp3) is 0.500. The fourth-order valence-electron chi connectivity index (χ4n) is 2.61. The quantitative estimate of drug-likeness (QED) is 0.218. The molecular weight excluding hydrogens is 596 g/mol. The zero-order chi connectivity index (χ0) is 29.4. The molecule has 0 saturated carbocycles. The van der Waals surface area contributed by atoms with Gasteiger partial charge in [-0.1, -0.05) is 18.6 Å². The van der Waals surface area contributed by atoms with Crippen molar-refractivity contribution < 1.29 is 60.0 Å². The summed E-state index contributed by atoms with van der Waals surface area (Å²) >= 11 is 0. The second-order valence-corrected chi connectivity index (χ2v) is 12.3. The van der Waals surface area contributed by atoms with Gasteiger partial charge in [-0.3, -0.25) is 4.98 Å². The smallest absolute Gasteiger partial charge is 0.494 e. The van der Waals surface area contributed by atoms with Crippen LogP contribution in [0.5, 0.6) is 5.75 Å². The number of nitrogens with one attached hydrogen (secondary N) is 2. The molecule has 2 aromatic rings. The van der Waals surface area contributed by atoms with Crippen molar-refractivity contribution in [3.05, 3.63) is 30.5 Å². The standard InChI is InChI=1S/C16H20F3N3O3S.C2H3F3O5S2/c1-25-14-7-5-6-12-13(8-11-21-15(12)14)20-9-3-2-4-10-22-26(23,24)16(17,18)19;1-11(6,7)10-12(8,9)2(3,4)5/h5-8,11,22H,2-4,9-10H2,1H3,(H,20,21);1H3. The summed E-state index contributed by atoms with van der Waals surface area (Å²) in [6.07, 6.45) is 3.44. The van der Waals surface area contributed by atoms with Crippen LogP contribution in [0.2, 0.25) is 0 Å². The van der Waals surface area contributed by atoms with Gasteiger partial charge in [-0.25, -0.2) is 13.1 Å². The molecule has 1 heterocycles. The Morgan fingerprint density at radius 3 is 1.97 bits per heavy atom. The van der Waals surface area contributed by atoms with Crippen molar-refractivity contribution in [2.45, 2.75) is 30.3 Å². The summed E-state index contributed by atoms with van der Waals surface area (Å²) in [5.41, 5.74) is -9.37. The summed E-state index contributed by atoms with van der Waals surface area (Å²) in [4.78, 5) is 4.30. The zero-order valence-corrected chi connectivity index (χ0v) is 22.1. The zero-order valence-electron chi connectivity index (χ0n) is 19.6. The third-order valence-electron chi connectivity index (χ3n) is 4.22. The number of aromatic nitrogens is 1. The van der Waals surface area contributed by atoms with Crippen LogP contribution in [0.15, 0.2) is 30.5 Å². The minimum atomic E-state index is -6.04. The van der Waals surface area contributed by atoms with Crippen LogP contribution in [0.4, 0.5) is 32.0 Å². The summed E-state index contributed by atoms with van der Waals surface area (Å²) in [5, 5.41) is 4.16. The van der Waals surface area contributed by atoms with E-state index in [0.29, 0.717) is 31.6 Å². The number of ether oxygens (including phenoxy) is 1. The summed E-state index contributed by atoms with van der Waals surface area (Å²) < 4.78 is 142. The van der Waals surface area contributed by atoms with Gasteiger partial charge in [0.25, 0.3) is 10.1 Å². The Labute approximate surface area is 214 Å². The van der Waals surface area contributed by atoms with Gasteiger partial charge in [-0.2, -0.15) is 43.2 Å². The van der Waals surface area contributed by atoms with E-state index >= 15 is 0 Å². The van der Waals surface area contributed by atoms with Crippen LogP contribution >= 0.6 is 0 Å². The van der Waals surface area contributed by atoms with Gasteiger partial charge in [0.15, 0.2) is 0 Å². The number of nitrogens with zero attached hydrogens (tertiary/aromatic N) is 1. The molecule has 2 N–H and O–H groups in total. The maximum absolute atomic E-state index is 12.2. The molecular formula is C18H23F6N3O8S3. The molecule has 1 aromatic carbocycles. The van der Waals surface area contributed by atoms with E-state index < -0.39 is 41.3 Å². The number of rotatable bonds is 11. The van der Waals surface area contributed by atoms with Crippen molar-refractivity contribution in [3.63, 3.8) is 0 Å². The molecule has 0 radical (unpaired) electrons. The van der Waals surface area contributed by atoms with Crippen molar-refractivity contribution >= 4 is 46.8 Å². The predicted molar refractivity (Wildman–Crippen MR) is 125 cm³/mol. The van der Waals surface area contributed by atoms with E-state index in [1.807, 2.05) is 24.3 Å². The lowest BCUT2D eigenvalue weighted by atomic mass is 10.1. The third kappa shape index (κ3) is 10.4. The van der Waals surface area contributed by atoms with Gasteiger partial charge in [0, 0.05) is 30.4 Å². The lowest BCUT2D eigenvalue weighted by Crippen LogP contribution is -2.36. The second-order valence-electron chi connectivity index (χ2n) is 7.22. The van der Waals surface area contributed by atoms with E-state index in [1.54, 1.807) is 18.0 Å². The number of pyridine rings is 1. The Balaban J connectivity index is 0.000000508. The molecule has 11 nitrogen and oxygen atoms in total. The maximum atomic E-state index is 12.2. The summed E-state index contributed by atoms with van der Waals surface area (Å²) in [5.74, 6) is 0.670. The SMILES string of the molecule is COc1cccc2c(NCCCCCNS(=O)(=O)C(F)(F)F)ccnc12.CS(=O)(=O)OS(=O)(=O)C(F)(F)F. The highest BCUT2D eigenvalue weighted by Gasteiger charge is 2.49. The van der Waals surface area contributed by atoms with Crippen LogP contribution in [0.3, 0.4) is 0 Å². The summed E-state index contributed by atoms with van der Waals surface area (Å²) in [6.45, 7) is 0.361. The Kier molecular flexibility index (Phi) is 11.6. The van der Waals surface area contributed by atoms with Crippen molar-refractivity contribution in [2.75, 3.05) is 31.8 Å². The Morgan fingerprint density at radius 1 is 0.868 bits per heavy atom. The average Bonchev–Trinajstić information content (AvgIpc) is 2.75. The average molecular weight is 620 g/mol. The fourth-order valence-corrected chi connectivity index (χ4v) is 4.79. The number of para-hydroxylation sites is 1. The van der Waals surface area contributed by atoms with E-state index in [1.165, 1.54) is 0 Å². The van der Waals surface area contributed by atoms with Crippen LogP contribution < -0.4 is 14.8 Å². The first-order chi connectivity index (χ1) is 17.2. The number of benzene rings is 1. The van der Waals surface area contributed by atoms with Crippen LogP contribution in [0.25, 0.3) is 10.9 Å². The van der Waals surface area contributed by atoms with Crippen molar-refractivity contribution in [2.24, 2.45) is 0 Å². The lowest BCUT2D eigenvalue weighted by molar-refractivity contribution is -0.0498.